The standard InChI is InChI=1S/C24H22N6O2/c1-28-9-7-19(26-28)22-15-20-24(32-22)21(29-11-13-31-14-12-29)16-23(25-20)30-10-8-18(27-30)17-5-3-2-4-6-17/h2-10,15-16H,11-14H2,1H3. The van der Waals surface area contributed by atoms with Crippen molar-refractivity contribution in [2.75, 3.05) is 31.2 Å². The van der Waals surface area contributed by atoms with E-state index in [1.54, 1.807) is 4.68 Å². The number of morpholine rings is 1. The zero-order chi connectivity index (χ0) is 21.5. The fourth-order valence-corrected chi connectivity index (χ4v) is 4.04. The van der Waals surface area contributed by atoms with E-state index in [0.717, 1.165) is 52.6 Å². The first-order chi connectivity index (χ1) is 15.7. The minimum atomic E-state index is 0.687. The van der Waals surface area contributed by atoms with Crippen molar-refractivity contribution in [3.05, 3.63) is 67.0 Å². The summed E-state index contributed by atoms with van der Waals surface area (Å²) in [5.74, 6) is 1.44. The molecule has 1 aliphatic rings. The number of benzene rings is 1. The third kappa shape index (κ3) is 3.34. The lowest BCUT2D eigenvalue weighted by atomic mass is 10.2. The molecule has 0 unspecified atom stereocenters. The summed E-state index contributed by atoms with van der Waals surface area (Å²) in [5, 5.41) is 9.26. The summed E-state index contributed by atoms with van der Waals surface area (Å²) in [6.07, 6.45) is 3.85. The molecule has 6 rings (SSSR count). The first-order valence-corrected chi connectivity index (χ1v) is 10.6. The number of hydrogen-bond donors (Lipinski definition) is 0. The van der Waals surface area contributed by atoms with Crippen LogP contribution in [0.15, 0.2) is 71.4 Å². The molecule has 5 aromatic rings. The van der Waals surface area contributed by atoms with Gasteiger partial charge in [0.2, 0.25) is 0 Å². The predicted molar refractivity (Wildman–Crippen MR) is 122 cm³/mol. The van der Waals surface area contributed by atoms with Gasteiger partial charge in [-0.3, -0.25) is 4.68 Å². The van der Waals surface area contributed by atoms with Gasteiger partial charge in [0.1, 0.15) is 11.2 Å². The zero-order valence-electron chi connectivity index (χ0n) is 17.7. The van der Waals surface area contributed by atoms with Crippen LogP contribution in [0.5, 0.6) is 0 Å². The zero-order valence-corrected chi connectivity index (χ0v) is 17.7. The third-order valence-corrected chi connectivity index (χ3v) is 5.66. The lowest BCUT2D eigenvalue weighted by molar-refractivity contribution is 0.122. The van der Waals surface area contributed by atoms with Crippen LogP contribution >= 0.6 is 0 Å². The first kappa shape index (κ1) is 18.8. The molecule has 8 nitrogen and oxygen atoms in total. The summed E-state index contributed by atoms with van der Waals surface area (Å²) in [4.78, 5) is 7.16. The molecule has 32 heavy (non-hydrogen) atoms. The number of pyridine rings is 1. The molecule has 0 bridgehead atoms. The molecule has 5 heterocycles. The fraction of sp³-hybridized carbons (Fsp3) is 0.208. The van der Waals surface area contributed by atoms with Gasteiger partial charge in [0.05, 0.1) is 24.6 Å². The Kier molecular flexibility index (Phi) is 4.50. The minimum absolute atomic E-state index is 0.687. The molecule has 0 spiro atoms. The van der Waals surface area contributed by atoms with Gasteiger partial charge < -0.3 is 14.1 Å². The van der Waals surface area contributed by atoms with E-state index in [4.69, 9.17) is 19.2 Å². The molecule has 0 saturated carbocycles. The second-order valence-corrected chi connectivity index (χ2v) is 7.81. The lowest BCUT2D eigenvalue weighted by Gasteiger charge is -2.28. The van der Waals surface area contributed by atoms with Crippen molar-refractivity contribution >= 4 is 16.8 Å². The highest BCUT2D eigenvalue weighted by Gasteiger charge is 2.21. The highest BCUT2D eigenvalue weighted by Crippen LogP contribution is 2.34. The normalized spacial score (nSPS) is 14.3. The maximum absolute atomic E-state index is 6.27. The van der Waals surface area contributed by atoms with Crippen LogP contribution < -0.4 is 4.90 Å². The molecule has 1 aromatic carbocycles. The van der Waals surface area contributed by atoms with Gasteiger partial charge in [-0.05, 0) is 12.1 Å². The first-order valence-electron chi connectivity index (χ1n) is 10.6. The third-order valence-electron chi connectivity index (χ3n) is 5.66. The van der Waals surface area contributed by atoms with Crippen molar-refractivity contribution in [2.24, 2.45) is 7.05 Å². The van der Waals surface area contributed by atoms with Gasteiger partial charge in [0.25, 0.3) is 0 Å². The Morgan fingerprint density at radius 1 is 0.875 bits per heavy atom. The Hall–Kier alpha value is -3.91. The molecule has 1 aliphatic heterocycles. The minimum Gasteiger partial charge on any atom is -0.450 e. The van der Waals surface area contributed by atoms with Crippen molar-refractivity contribution in [1.29, 1.82) is 0 Å². The van der Waals surface area contributed by atoms with Crippen LogP contribution in [0.1, 0.15) is 0 Å². The SMILES string of the molecule is Cn1ccc(-c2cc3nc(-n4ccc(-c5ccccc5)n4)cc(N4CCOCC4)c3o2)n1. The molecule has 1 fully saturated rings. The number of nitrogens with zero attached hydrogens (tertiary/aromatic N) is 6. The van der Waals surface area contributed by atoms with E-state index in [9.17, 15) is 0 Å². The van der Waals surface area contributed by atoms with Crippen LogP contribution in [0, 0.1) is 0 Å². The van der Waals surface area contributed by atoms with Crippen molar-refractivity contribution in [3.8, 4) is 28.5 Å². The number of hydrogen-bond acceptors (Lipinski definition) is 6. The van der Waals surface area contributed by atoms with Crippen molar-refractivity contribution in [2.45, 2.75) is 0 Å². The van der Waals surface area contributed by atoms with E-state index >= 15 is 0 Å². The summed E-state index contributed by atoms with van der Waals surface area (Å²) >= 11 is 0. The molecular weight excluding hydrogens is 404 g/mol. The van der Waals surface area contributed by atoms with Gasteiger partial charge in [-0.25, -0.2) is 9.67 Å². The Morgan fingerprint density at radius 3 is 2.47 bits per heavy atom. The smallest absolute Gasteiger partial charge is 0.176 e. The quantitative estimate of drug-likeness (QED) is 0.434. The molecule has 0 radical (unpaired) electrons. The summed E-state index contributed by atoms with van der Waals surface area (Å²) in [6, 6.07) is 18.1. The van der Waals surface area contributed by atoms with Crippen LogP contribution in [-0.4, -0.2) is 50.8 Å². The van der Waals surface area contributed by atoms with Crippen LogP contribution in [0.25, 0.3) is 39.6 Å². The summed E-state index contributed by atoms with van der Waals surface area (Å²) in [6.45, 7) is 2.97. The highest BCUT2D eigenvalue weighted by molar-refractivity contribution is 5.90. The summed E-state index contributed by atoms with van der Waals surface area (Å²) in [7, 11) is 1.89. The van der Waals surface area contributed by atoms with E-state index in [-0.39, 0.29) is 0 Å². The molecule has 0 amide bonds. The Labute approximate surface area is 184 Å². The largest absolute Gasteiger partial charge is 0.450 e. The monoisotopic (exact) mass is 426 g/mol. The molecule has 1 saturated heterocycles. The molecule has 8 heteroatoms. The van der Waals surface area contributed by atoms with E-state index in [2.05, 4.69) is 22.1 Å². The number of ether oxygens (including phenoxy) is 1. The number of aryl methyl sites for hydroxylation is 1. The van der Waals surface area contributed by atoms with Crippen LogP contribution in [-0.2, 0) is 11.8 Å². The van der Waals surface area contributed by atoms with Crippen LogP contribution in [0.4, 0.5) is 5.69 Å². The molecule has 0 N–H and O–H groups in total. The maximum Gasteiger partial charge on any atom is 0.176 e. The van der Waals surface area contributed by atoms with Gasteiger partial charge in [0, 0.05) is 50.2 Å². The second kappa shape index (κ2) is 7.65. The van der Waals surface area contributed by atoms with Crippen molar-refractivity contribution < 1.29 is 9.15 Å². The lowest BCUT2D eigenvalue weighted by Crippen LogP contribution is -2.36. The topological polar surface area (TPSA) is 74.1 Å². The second-order valence-electron chi connectivity index (χ2n) is 7.81. The summed E-state index contributed by atoms with van der Waals surface area (Å²) in [5.41, 5.74) is 5.29. The van der Waals surface area contributed by atoms with Gasteiger partial charge in [-0.15, -0.1) is 0 Å². The van der Waals surface area contributed by atoms with Gasteiger partial charge in [-0.2, -0.15) is 10.2 Å². The number of rotatable bonds is 4. The van der Waals surface area contributed by atoms with Gasteiger partial charge in [0.15, 0.2) is 17.2 Å². The highest BCUT2D eigenvalue weighted by atomic mass is 16.5. The average Bonchev–Trinajstić information content (AvgIpc) is 3.59. The molecular formula is C24H22N6O2. The predicted octanol–water partition coefficient (Wildman–Crippen LogP) is 3.92. The van der Waals surface area contributed by atoms with E-state index in [0.29, 0.717) is 19.0 Å². The van der Waals surface area contributed by atoms with Crippen LogP contribution in [0.3, 0.4) is 0 Å². The number of furan rings is 1. The summed E-state index contributed by atoms with van der Waals surface area (Å²) < 4.78 is 15.4. The number of anilines is 1. The van der Waals surface area contributed by atoms with E-state index in [1.807, 2.05) is 66.6 Å². The Morgan fingerprint density at radius 2 is 1.69 bits per heavy atom. The number of aromatic nitrogens is 5. The molecule has 0 atom stereocenters. The Balaban J connectivity index is 1.47. The van der Waals surface area contributed by atoms with E-state index in [1.165, 1.54) is 0 Å². The van der Waals surface area contributed by atoms with Crippen molar-refractivity contribution in [3.63, 3.8) is 0 Å². The van der Waals surface area contributed by atoms with Crippen LogP contribution in [0.2, 0.25) is 0 Å². The van der Waals surface area contributed by atoms with Gasteiger partial charge in [-0.1, -0.05) is 30.3 Å². The average molecular weight is 426 g/mol. The van der Waals surface area contributed by atoms with E-state index < -0.39 is 0 Å². The molecule has 0 aliphatic carbocycles. The number of fused-ring (bicyclic) bond motifs is 1. The maximum atomic E-state index is 6.27. The van der Waals surface area contributed by atoms with Gasteiger partial charge >= 0.3 is 0 Å². The van der Waals surface area contributed by atoms with Crippen molar-refractivity contribution in [1.82, 2.24) is 24.5 Å². The molecule has 4 aromatic heterocycles. The Bertz CT molecular complexity index is 1380. The molecule has 160 valence electrons. The fourth-order valence-electron chi connectivity index (χ4n) is 4.04.